The maximum Gasteiger partial charge on any atom is 0.181 e. The number of rotatable bonds is 5. The van der Waals surface area contributed by atoms with Gasteiger partial charge in [0.15, 0.2) is 11.5 Å². The van der Waals surface area contributed by atoms with Gasteiger partial charge in [0.05, 0.1) is 18.3 Å². The highest BCUT2D eigenvalue weighted by molar-refractivity contribution is 5.67. The van der Waals surface area contributed by atoms with E-state index in [9.17, 15) is 15.3 Å². The number of hydrogen-bond acceptors (Lipinski definition) is 5. The number of aliphatic hydroxyl groups is 1. The summed E-state index contributed by atoms with van der Waals surface area (Å²) >= 11 is 0. The van der Waals surface area contributed by atoms with E-state index in [0.29, 0.717) is 11.3 Å². The van der Waals surface area contributed by atoms with Gasteiger partial charge >= 0.3 is 0 Å². The van der Waals surface area contributed by atoms with Crippen LogP contribution in [0.3, 0.4) is 0 Å². The molecule has 0 heterocycles. The Balaban J connectivity index is 3.07. The Bertz CT molecular complexity index is 380. The van der Waals surface area contributed by atoms with E-state index in [0.717, 1.165) is 0 Å². The number of anilines is 1. The fourth-order valence-electron chi connectivity index (χ4n) is 1.56. The van der Waals surface area contributed by atoms with Crippen LogP contribution in [0.4, 0.5) is 5.69 Å². The van der Waals surface area contributed by atoms with Crippen molar-refractivity contribution in [3.8, 4) is 11.5 Å². The minimum Gasteiger partial charge on any atom is -0.504 e. The average molecular weight is 240 g/mol. The highest BCUT2D eigenvalue weighted by Gasteiger charge is 2.17. The summed E-state index contributed by atoms with van der Waals surface area (Å²) < 4.78 is 0. The van der Waals surface area contributed by atoms with Crippen molar-refractivity contribution in [1.82, 2.24) is 0 Å². The standard InChI is InChI=1S/C12H20N2O3/c1-7(2)9(6-15)14-11-8(5-13)3-4-10(16)12(11)17/h3-4,7,9,14-17H,5-6,13H2,1-2H3. The number of nitrogens with one attached hydrogen (secondary N) is 1. The molecule has 0 saturated heterocycles. The first-order valence-corrected chi connectivity index (χ1v) is 5.62. The average Bonchev–Trinajstić information content (AvgIpc) is 2.30. The van der Waals surface area contributed by atoms with Crippen LogP contribution >= 0.6 is 0 Å². The molecule has 0 bridgehead atoms. The second-order valence-electron chi connectivity index (χ2n) is 4.35. The number of aliphatic hydroxyl groups excluding tert-OH is 1. The molecule has 1 rings (SSSR count). The Hall–Kier alpha value is -1.46. The van der Waals surface area contributed by atoms with Crippen molar-refractivity contribution < 1.29 is 15.3 Å². The van der Waals surface area contributed by atoms with Crippen LogP contribution in [0.25, 0.3) is 0 Å². The van der Waals surface area contributed by atoms with E-state index >= 15 is 0 Å². The molecule has 0 aliphatic carbocycles. The van der Waals surface area contributed by atoms with Crippen LogP contribution in [-0.2, 0) is 6.54 Å². The molecule has 0 saturated carbocycles. The van der Waals surface area contributed by atoms with Gasteiger partial charge in [0.25, 0.3) is 0 Å². The van der Waals surface area contributed by atoms with Gasteiger partial charge in [-0.2, -0.15) is 0 Å². The third-order valence-corrected chi connectivity index (χ3v) is 2.79. The summed E-state index contributed by atoms with van der Waals surface area (Å²) in [7, 11) is 0. The van der Waals surface area contributed by atoms with Crippen molar-refractivity contribution in [2.24, 2.45) is 11.7 Å². The maximum absolute atomic E-state index is 9.79. The van der Waals surface area contributed by atoms with E-state index in [1.165, 1.54) is 6.07 Å². The first-order valence-electron chi connectivity index (χ1n) is 5.62. The summed E-state index contributed by atoms with van der Waals surface area (Å²) in [6.45, 7) is 4.09. The van der Waals surface area contributed by atoms with Crippen molar-refractivity contribution in [3.05, 3.63) is 17.7 Å². The van der Waals surface area contributed by atoms with Gasteiger partial charge < -0.3 is 26.4 Å². The molecule has 5 nitrogen and oxygen atoms in total. The molecule has 1 aromatic rings. The van der Waals surface area contributed by atoms with Gasteiger partial charge in [-0.15, -0.1) is 0 Å². The molecule has 0 spiro atoms. The molecule has 0 amide bonds. The van der Waals surface area contributed by atoms with Gasteiger partial charge in [0, 0.05) is 6.54 Å². The van der Waals surface area contributed by atoms with Gasteiger partial charge in [0.1, 0.15) is 0 Å². The topological polar surface area (TPSA) is 98.7 Å². The summed E-state index contributed by atoms with van der Waals surface area (Å²) in [6.07, 6.45) is 0. The number of benzene rings is 1. The van der Waals surface area contributed by atoms with Crippen LogP contribution in [0.1, 0.15) is 19.4 Å². The third-order valence-electron chi connectivity index (χ3n) is 2.79. The Kier molecular flexibility index (Phi) is 4.60. The quantitative estimate of drug-likeness (QED) is 0.494. The summed E-state index contributed by atoms with van der Waals surface area (Å²) in [5, 5.41) is 31.5. The molecule has 17 heavy (non-hydrogen) atoms. The lowest BCUT2D eigenvalue weighted by molar-refractivity contribution is 0.249. The molecule has 0 aromatic heterocycles. The summed E-state index contributed by atoms with van der Waals surface area (Å²) in [4.78, 5) is 0. The van der Waals surface area contributed by atoms with Crippen molar-refractivity contribution >= 4 is 5.69 Å². The molecule has 1 atom stereocenters. The fourth-order valence-corrected chi connectivity index (χ4v) is 1.56. The Morgan fingerprint density at radius 2 is 1.94 bits per heavy atom. The molecule has 0 radical (unpaired) electrons. The fraction of sp³-hybridized carbons (Fsp3) is 0.500. The number of phenolic OH excluding ortho intramolecular Hbond substituents is 2. The van der Waals surface area contributed by atoms with Gasteiger partial charge in [0.2, 0.25) is 0 Å². The lowest BCUT2D eigenvalue weighted by Gasteiger charge is -2.23. The first-order chi connectivity index (χ1) is 8.01. The predicted molar refractivity (Wildman–Crippen MR) is 67.0 cm³/mol. The molecule has 5 heteroatoms. The van der Waals surface area contributed by atoms with Crippen LogP contribution in [0.15, 0.2) is 12.1 Å². The molecule has 1 unspecified atom stereocenters. The van der Waals surface area contributed by atoms with E-state index < -0.39 is 0 Å². The van der Waals surface area contributed by atoms with Gasteiger partial charge in [-0.3, -0.25) is 0 Å². The van der Waals surface area contributed by atoms with Gasteiger partial charge in [-0.1, -0.05) is 19.9 Å². The Morgan fingerprint density at radius 3 is 2.41 bits per heavy atom. The Morgan fingerprint density at radius 1 is 1.29 bits per heavy atom. The second-order valence-corrected chi connectivity index (χ2v) is 4.35. The molecule has 6 N–H and O–H groups in total. The van der Waals surface area contributed by atoms with Gasteiger partial charge in [-0.05, 0) is 17.5 Å². The third kappa shape index (κ3) is 3.01. The van der Waals surface area contributed by atoms with E-state index in [1.54, 1.807) is 6.07 Å². The summed E-state index contributed by atoms with van der Waals surface area (Å²) in [6, 6.07) is 2.84. The van der Waals surface area contributed by atoms with E-state index in [2.05, 4.69) is 5.32 Å². The van der Waals surface area contributed by atoms with E-state index in [1.807, 2.05) is 13.8 Å². The highest BCUT2D eigenvalue weighted by atomic mass is 16.3. The second kappa shape index (κ2) is 5.75. The predicted octanol–water partition coefficient (Wildman–Crippen LogP) is 0.985. The molecule has 1 aromatic carbocycles. The maximum atomic E-state index is 9.79. The van der Waals surface area contributed by atoms with Crippen molar-refractivity contribution in [3.63, 3.8) is 0 Å². The van der Waals surface area contributed by atoms with Crippen LogP contribution in [-0.4, -0.2) is 28.0 Å². The van der Waals surface area contributed by atoms with Gasteiger partial charge in [-0.25, -0.2) is 0 Å². The highest BCUT2D eigenvalue weighted by Crippen LogP contribution is 2.36. The zero-order valence-electron chi connectivity index (χ0n) is 10.1. The van der Waals surface area contributed by atoms with Crippen LogP contribution < -0.4 is 11.1 Å². The molecule has 0 aliphatic rings. The van der Waals surface area contributed by atoms with E-state index in [-0.39, 0.29) is 36.6 Å². The zero-order valence-corrected chi connectivity index (χ0v) is 10.1. The van der Waals surface area contributed by atoms with Crippen molar-refractivity contribution in [2.45, 2.75) is 26.4 Å². The molecule has 96 valence electrons. The largest absolute Gasteiger partial charge is 0.504 e. The smallest absolute Gasteiger partial charge is 0.181 e. The lowest BCUT2D eigenvalue weighted by Crippen LogP contribution is -2.30. The molecular formula is C12H20N2O3. The Labute approximate surface area is 101 Å². The lowest BCUT2D eigenvalue weighted by atomic mass is 10.0. The van der Waals surface area contributed by atoms with Crippen LogP contribution in [0.5, 0.6) is 11.5 Å². The SMILES string of the molecule is CC(C)C(CO)Nc1c(CN)ccc(O)c1O. The number of aromatic hydroxyl groups is 2. The monoisotopic (exact) mass is 240 g/mol. The molecule has 0 fully saturated rings. The zero-order chi connectivity index (χ0) is 13.0. The van der Waals surface area contributed by atoms with E-state index in [4.69, 9.17) is 5.73 Å². The molecular weight excluding hydrogens is 220 g/mol. The van der Waals surface area contributed by atoms with Crippen LogP contribution in [0.2, 0.25) is 0 Å². The minimum atomic E-state index is -0.230. The number of nitrogens with two attached hydrogens (primary N) is 1. The normalized spacial score (nSPS) is 12.8. The van der Waals surface area contributed by atoms with Crippen molar-refractivity contribution in [1.29, 1.82) is 0 Å². The van der Waals surface area contributed by atoms with Crippen LogP contribution in [0, 0.1) is 5.92 Å². The summed E-state index contributed by atoms with van der Waals surface area (Å²) in [5.74, 6) is -0.246. The molecule has 0 aliphatic heterocycles. The first kappa shape index (κ1) is 13.6. The number of phenols is 2. The number of hydrogen-bond donors (Lipinski definition) is 5. The summed E-state index contributed by atoms with van der Waals surface area (Å²) in [5.41, 5.74) is 6.65. The van der Waals surface area contributed by atoms with Crippen molar-refractivity contribution in [2.75, 3.05) is 11.9 Å². The minimum absolute atomic E-state index is 0.0588.